The Morgan fingerprint density at radius 1 is 0.755 bits per heavy atom. The molecule has 5 aromatic carbocycles. The second-order valence-corrected chi connectivity index (χ2v) is 14.6. The molecule has 7 rings (SSSR count). The number of fused-ring (bicyclic) bond motifs is 2. The standard InChI is InChI=1S/C43H40N2O4/c1-42(2,3)25-43(4,5)26-16-18-28(19-17-26)49-37-24-35(44-27-12-8-7-9-13-27)39-38-33(37)23-34(32-21-20-29(48-6)22-36(32)46)45-40(38)30-14-10-11-15-31(30)41(39)47/h7-24,44,46H,25H2,1-6H3. The van der Waals surface area contributed by atoms with Gasteiger partial charge in [-0.05, 0) is 65.3 Å². The number of phenolic OH excluding ortho intramolecular Hbond substituents is 1. The van der Waals surface area contributed by atoms with Gasteiger partial charge in [-0.2, -0.15) is 0 Å². The van der Waals surface area contributed by atoms with Crippen molar-refractivity contribution in [2.75, 3.05) is 12.4 Å². The van der Waals surface area contributed by atoms with Gasteiger partial charge in [0, 0.05) is 45.3 Å². The molecule has 0 amide bonds. The highest BCUT2D eigenvalue weighted by Gasteiger charge is 2.32. The van der Waals surface area contributed by atoms with E-state index in [0.29, 0.717) is 61.8 Å². The first-order valence-corrected chi connectivity index (χ1v) is 16.6. The van der Waals surface area contributed by atoms with Gasteiger partial charge < -0.3 is 19.9 Å². The number of carbonyl (C=O) groups excluding carboxylic acids is 1. The quantitative estimate of drug-likeness (QED) is 0.171. The lowest BCUT2D eigenvalue weighted by Gasteiger charge is -2.33. The first-order chi connectivity index (χ1) is 23.4. The summed E-state index contributed by atoms with van der Waals surface area (Å²) in [5.41, 5.74) is 6.43. The van der Waals surface area contributed by atoms with Gasteiger partial charge in [0.15, 0.2) is 5.78 Å². The molecule has 0 bridgehead atoms. The summed E-state index contributed by atoms with van der Waals surface area (Å²) < 4.78 is 12.1. The smallest absolute Gasteiger partial charge is 0.196 e. The maximum atomic E-state index is 14.3. The number of carbonyl (C=O) groups is 1. The van der Waals surface area contributed by atoms with Crippen molar-refractivity contribution in [1.82, 2.24) is 4.98 Å². The number of ketones is 1. The van der Waals surface area contributed by atoms with E-state index < -0.39 is 0 Å². The van der Waals surface area contributed by atoms with Crippen LogP contribution in [-0.2, 0) is 5.41 Å². The van der Waals surface area contributed by atoms with E-state index in [2.05, 4.69) is 52.1 Å². The fourth-order valence-electron chi connectivity index (χ4n) is 7.24. The summed E-state index contributed by atoms with van der Waals surface area (Å²) in [6.07, 6.45) is 1.03. The van der Waals surface area contributed by atoms with Crippen molar-refractivity contribution < 1.29 is 19.4 Å². The maximum absolute atomic E-state index is 14.3. The van der Waals surface area contributed by atoms with Crippen LogP contribution in [-0.4, -0.2) is 23.0 Å². The molecular formula is C43H40N2O4. The summed E-state index contributed by atoms with van der Waals surface area (Å²) in [7, 11) is 1.56. The number of ether oxygens (including phenoxy) is 2. The van der Waals surface area contributed by atoms with Gasteiger partial charge in [-0.25, -0.2) is 4.98 Å². The highest BCUT2D eigenvalue weighted by atomic mass is 16.5. The van der Waals surface area contributed by atoms with E-state index in [9.17, 15) is 9.90 Å². The number of aromatic hydroxyl groups is 1. The molecule has 246 valence electrons. The summed E-state index contributed by atoms with van der Waals surface area (Å²) in [6, 6.07) is 34.6. The summed E-state index contributed by atoms with van der Waals surface area (Å²) in [5, 5.41) is 16.0. The van der Waals surface area contributed by atoms with E-state index in [4.69, 9.17) is 14.5 Å². The number of nitrogens with zero attached hydrogens (tertiary/aromatic N) is 1. The van der Waals surface area contributed by atoms with Gasteiger partial charge in [-0.3, -0.25) is 4.79 Å². The number of aromatic nitrogens is 1. The average Bonchev–Trinajstić information content (AvgIpc) is 3.07. The number of hydrogen-bond acceptors (Lipinski definition) is 6. The predicted molar refractivity (Wildman–Crippen MR) is 198 cm³/mol. The second-order valence-electron chi connectivity index (χ2n) is 14.6. The van der Waals surface area contributed by atoms with Gasteiger partial charge in [0.05, 0.1) is 29.7 Å². The molecule has 0 saturated carbocycles. The maximum Gasteiger partial charge on any atom is 0.196 e. The second kappa shape index (κ2) is 12.1. The zero-order chi connectivity index (χ0) is 34.5. The number of methoxy groups -OCH3 is 1. The largest absolute Gasteiger partial charge is 0.507 e. The van der Waals surface area contributed by atoms with Gasteiger partial charge in [0.2, 0.25) is 0 Å². The predicted octanol–water partition coefficient (Wildman–Crippen LogP) is 11.1. The molecule has 0 radical (unpaired) electrons. The Morgan fingerprint density at radius 2 is 1.43 bits per heavy atom. The van der Waals surface area contributed by atoms with Crippen LogP contribution in [0.2, 0.25) is 0 Å². The van der Waals surface area contributed by atoms with Gasteiger partial charge in [-0.1, -0.05) is 89.2 Å². The molecule has 1 aliphatic rings. The zero-order valence-electron chi connectivity index (χ0n) is 28.7. The molecule has 0 unspecified atom stereocenters. The summed E-state index contributed by atoms with van der Waals surface area (Å²) in [4.78, 5) is 19.4. The van der Waals surface area contributed by atoms with Gasteiger partial charge in [0.25, 0.3) is 0 Å². The minimum absolute atomic E-state index is 0.0154. The molecule has 1 aliphatic carbocycles. The molecular weight excluding hydrogens is 608 g/mol. The number of pyridine rings is 1. The molecule has 0 fully saturated rings. The summed E-state index contributed by atoms with van der Waals surface area (Å²) in [6.45, 7) is 11.4. The minimum Gasteiger partial charge on any atom is -0.507 e. The van der Waals surface area contributed by atoms with Crippen LogP contribution in [0.1, 0.15) is 62.5 Å². The number of phenols is 1. The van der Waals surface area contributed by atoms with Crippen LogP contribution >= 0.6 is 0 Å². The van der Waals surface area contributed by atoms with Crippen LogP contribution in [0.5, 0.6) is 23.0 Å². The summed E-state index contributed by atoms with van der Waals surface area (Å²) >= 11 is 0. The number of anilines is 2. The van der Waals surface area contributed by atoms with E-state index in [-0.39, 0.29) is 22.4 Å². The third-order valence-electron chi connectivity index (χ3n) is 9.10. The first kappa shape index (κ1) is 32.0. The van der Waals surface area contributed by atoms with Gasteiger partial charge in [0.1, 0.15) is 23.0 Å². The van der Waals surface area contributed by atoms with Gasteiger partial charge >= 0.3 is 0 Å². The summed E-state index contributed by atoms with van der Waals surface area (Å²) in [5.74, 6) is 1.72. The average molecular weight is 649 g/mol. The van der Waals surface area contributed by atoms with Crippen molar-refractivity contribution >= 4 is 27.9 Å². The van der Waals surface area contributed by atoms with Crippen molar-refractivity contribution in [3.05, 3.63) is 126 Å². The third kappa shape index (κ3) is 6.11. The van der Waals surface area contributed by atoms with E-state index in [0.717, 1.165) is 17.7 Å². The van der Waals surface area contributed by atoms with Crippen molar-refractivity contribution in [2.24, 2.45) is 5.41 Å². The lowest BCUT2D eigenvalue weighted by molar-refractivity contribution is 0.104. The highest BCUT2D eigenvalue weighted by Crippen LogP contribution is 2.48. The molecule has 6 aromatic rings. The van der Waals surface area contributed by atoms with E-state index >= 15 is 0 Å². The van der Waals surface area contributed by atoms with Crippen LogP contribution in [0.25, 0.3) is 33.3 Å². The Morgan fingerprint density at radius 3 is 2.10 bits per heavy atom. The molecule has 0 aliphatic heterocycles. The van der Waals surface area contributed by atoms with Crippen LogP contribution in [0, 0.1) is 5.41 Å². The molecule has 1 aromatic heterocycles. The molecule has 6 heteroatoms. The molecule has 6 nitrogen and oxygen atoms in total. The van der Waals surface area contributed by atoms with Crippen molar-refractivity contribution in [1.29, 1.82) is 0 Å². The molecule has 0 atom stereocenters. The molecule has 1 heterocycles. The normalized spacial score (nSPS) is 12.5. The number of benzene rings is 5. The van der Waals surface area contributed by atoms with Gasteiger partial charge in [-0.15, -0.1) is 0 Å². The van der Waals surface area contributed by atoms with Crippen molar-refractivity contribution in [3.8, 4) is 45.5 Å². The van der Waals surface area contributed by atoms with Crippen LogP contribution in [0.3, 0.4) is 0 Å². The molecule has 0 saturated heterocycles. The van der Waals surface area contributed by atoms with Crippen molar-refractivity contribution in [2.45, 2.75) is 46.5 Å². The SMILES string of the molecule is COc1ccc(-c2cc3c(Oc4ccc(C(C)(C)CC(C)(C)C)cc4)cc(Nc4ccccc4)c4c3c(n2)-c2ccccc2C4=O)c(O)c1. The first-order valence-electron chi connectivity index (χ1n) is 16.6. The minimum atomic E-state index is -0.0923. The molecule has 0 spiro atoms. The van der Waals surface area contributed by atoms with E-state index in [1.54, 1.807) is 25.3 Å². The fourth-order valence-corrected chi connectivity index (χ4v) is 7.24. The van der Waals surface area contributed by atoms with E-state index in [1.807, 2.05) is 78.9 Å². The number of nitrogens with one attached hydrogen (secondary N) is 1. The number of hydrogen-bond donors (Lipinski definition) is 2. The Balaban J connectivity index is 1.45. The van der Waals surface area contributed by atoms with Crippen LogP contribution in [0.4, 0.5) is 11.4 Å². The lowest BCUT2D eigenvalue weighted by Crippen LogP contribution is -2.24. The molecule has 49 heavy (non-hydrogen) atoms. The monoisotopic (exact) mass is 648 g/mol. The lowest BCUT2D eigenvalue weighted by atomic mass is 9.72. The number of rotatable bonds is 8. The van der Waals surface area contributed by atoms with Crippen LogP contribution < -0.4 is 14.8 Å². The Labute approximate surface area is 287 Å². The Kier molecular flexibility index (Phi) is 7.90. The fraction of sp³-hybridized carbons (Fsp3) is 0.209. The Hall–Kier alpha value is -5.62. The van der Waals surface area contributed by atoms with Crippen molar-refractivity contribution in [3.63, 3.8) is 0 Å². The van der Waals surface area contributed by atoms with E-state index in [1.165, 1.54) is 5.56 Å². The highest BCUT2D eigenvalue weighted by molar-refractivity contribution is 6.29. The zero-order valence-corrected chi connectivity index (χ0v) is 28.7. The number of para-hydroxylation sites is 1. The Bertz CT molecular complexity index is 2210. The third-order valence-corrected chi connectivity index (χ3v) is 9.10. The topological polar surface area (TPSA) is 80.7 Å². The molecule has 2 N–H and O–H groups in total. The van der Waals surface area contributed by atoms with Crippen LogP contribution in [0.15, 0.2) is 109 Å².